The summed E-state index contributed by atoms with van der Waals surface area (Å²) in [6.45, 7) is 1.77. The van der Waals surface area contributed by atoms with Crippen molar-refractivity contribution in [3.63, 3.8) is 0 Å². The molecule has 0 spiro atoms. The summed E-state index contributed by atoms with van der Waals surface area (Å²) in [7, 11) is 0. The molecule has 2 aromatic rings. The molecule has 0 N–H and O–H groups in total. The van der Waals surface area contributed by atoms with E-state index >= 15 is 0 Å². The van der Waals surface area contributed by atoms with Crippen molar-refractivity contribution in [2.45, 2.75) is 6.92 Å². The van der Waals surface area contributed by atoms with E-state index in [4.69, 9.17) is 4.74 Å². The third kappa shape index (κ3) is 3.03. The van der Waals surface area contributed by atoms with Gasteiger partial charge >= 0.3 is 5.69 Å². The largest absolute Gasteiger partial charge is 0.450 e. The Balaban J connectivity index is 2.37. The molecule has 20 heavy (non-hydrogen) atoms. The van der Waals surface area contributed by atoms with E-state index in [-0.39, 0.29) is 11.4 Å². The third-order valence-electron chi connectivity index (χ3n) is 2.64. The van der Waals surface area contributed by atoms with E-state index in [1.165, 1.54) is 6.07 Å². The summed E-state index contributed by atoms with van der Waals surface area (Å²) in [5.41, 5.74) is 1.16. The van der Waals surface area contributed by atoms with Gasteiger partial charge in [0.05, 0.1) is 4.92 Å². The van der Waals surface area contributed by atoms with Gasteiger partial charge in [0.1, 0.15) is 5.75 Å². The van der Waals surface area contributed by atoms with Gasteiger partial charge in [-0.25, -0.2) is 0 Å². The molecule has 0 atom stereocenters. The van der Waals surface area contributed by atoms with Gasteiger partial charge in [-0.1, -0.05) is 6.07 Å². The SMILES string of the molecule is Cc1ccc(Oc2ccc(C=O)c(Br)c2)c([N+](=O)[O-])c1. The van der Waals surface area contributed by atoms with Crippen molar-refractivity contribution in [3.8, 4) is 11.5 Å². The molecule has 0 saturated carbocycles. The van der Waals surface area contributed by atoms with Gasteiger partial charge in [-0.3, -0.25) is 14.9 Å². The van der Waals surface area contributed by atoms with Gasteiger partial charge in [-0.2, -0.15) is 0 Å². The number of nitro benzene ring substituents is 1. The first-order chi connectivity index (χ1) is 9.51. The molecule has 2 rings (SSSR count). The number of ether oxygens (including phenoxy) is 1. The maximum absolute atomic E-state index is 11.0. The van der Waals surface area contributed by atoms with E-state index in [9.17, 15) is 14.9 Å². The quantitative estimate of drug-likeness (QED) is 0.475. The Labute approximate surface area is 123 Å². The van der Waals surface area contributed by atoms with Crippen LogP contribution >= 0.6 is 15.9 Å². The van der Waals surface area contributed by atoms with Crippen LogP contribution in [0.15, 0.2) is 40.9 Å². The Bertz CT molecular complexity index is 685. The highest BCUT2D eigenvalue weighted by Crippen LogP contribution is 2.33. The number of halogens is 1. The molecular formula is C14H10BrNO4. The molecule has 5 nitrogen and oxygen atoms in total. The number of aryl methyl sites for hydroxylation is 1. The van der Waals surface area contributed by atoms with Crippen molar-refractivity contribution < 1.29 is 14.5 Å². The zero-order valence-electron chi connectivity index (χ0n) is 10.5. The first kappa shape index (κ1) is 14.2. The number of hydrogen-bond donors (Lipinski definition) is 0. The second kappa shape index (κ2) is 5.83. The second-order valence-corrected chi connectivity index (χ2v) is 4.99. The van der Waals surface area contributed by atoms with E-state index in [1.807, 2.05) is 0 Å². The maximum atomic E-state index is 11.0. The average Bonchev–Trinajstić information content (AvgIpc) is 2.41. The Morgan fingerprint density at radius 3 is 2.60 bits per heavy atom. The van der Waals surface area contributed by atoms with Crippen LogP contribution in [0.4, 0.5) is 5.69 Å². The minimum Gasteiger partial charge on any atom is -0.450 e. The standard InChI is InChI=1S/C14H10BrNO4/c1-9-2-5-14(13(6-9)16(18)19)20-11-4-3-10(8-17)12(15)7-11/h2-8H,1H3. The van der Waals surface area contributed by atoms with Gasteiger partial charge in [-0.05, 0) is 52.7 Å². The van der Waals surface area contributed by atoms with Crippen LogP contribution in [0.3, 0.4) is 0 Å². The van der Waals surface area contributed by atoms with E-state index in [0.29, 0.717) is 22.1 Å². The number of rotatable bonds is 4. The van der Waals surface area contributed by atoms with Crippen LogP contribution in [0.25, 0.3) is 0 Å². The lowest BCUT2D eigenvalue weighted by atomic mass is 10.2. The number of hydrogen-bond acceptors (Lipinski definition) is 4. The number of nitrogens with zero attached hydrogens (tertiary/aromatic N) is 1. The Hall–Kier alpha value is -2.21. The predicted octanol–water partition coefficient (Wildman–Crippen LogP) is 4.27. The van der Waals surface area contributed by atoms with Crippen LogP contribution in [0.1, 0.15) is 15.9 Å². The first-order valence-electron chi connectivity index (χ1n) is 5.69. The highest BCUT2D eigenvalue weighted by molar-refractivity contribution is 9.10. The van der Waals surface area contributed by atoms with Crippen molar-refractivity contribution in [2.75, 3.05) is 0 Å². The molecule has 0 unspecified atom stereocenters. The highest BCUT2D eigenvalue weighted by Gasteiger charge is 2.16. The summed E-state index contributed by atoms with van der Waals surface area (Å²) in [6, 6.07) is 9.48. The zero-order chi connectivity index (χ0) is 14.7. The smallest absolute Gasteiger partial charge is 0.311 e. The molecule has 6 heteroatoms. The summed E-state index contributed by atoms with van der Waals surface area (Å²) in [5, 5.41) is 11.0. The lowest BCUT2D eigenvalue weighted by molar-refractivity contribution is -0.385. The average molecular weight is 336 g/mol. The lowest BCUT2D eigenvalue weighted by Gasteiger charge is -2.08. The van der Waals surface area contributed by atoms with Gasteiger partial charge in [0.25, 0.3) is 0 Å². The van der Waals surface area contributed by atoms with Crippen molar-refractivity contribution in [1.29, 1.82) is 0 Å². The zero-order valence-corrected chi connectivity index (χ0v) is 12.1. The van der Waals surface area contributed by atoms with Gasteiger partial charge in [-0.15, -0.1) is 0 Å². The van der Waals surface area contributed by atoms with Gasteiger partial charge in [0.15, 0.2) is 6.29 Å². The van der Waals surface area contributed by atoms with Crippen LogP contribution in [0.5, 0.6) is 11.5 Å². The summed E-state index contributed by atoms with van der Waals surface area (Å²) in [4.78, 5) is 21.2. The lowest BCUT2D eigenvalue weighted by Crippen LogP contribution is -1.94. The predicted molar refractivity (Wildman–Crippen MR) is 77.4 cm³/mol. The van der Waals surface area contributed by atoms with E-state index in [2.05, 4.69) is 15.9 Å². The van der Waals surface area contributed by atoms with Crippen molar-refractivity contribution in [1.82, 2.24) is 0 Å². The first-order valence-corrected chi connectivity index (χ1v) is 6.48. The monoisotopic (exact) mass is 335 g/mol. The molecule has 0 aromatic heterocycles. The number of aldehydes is 1. The van der Waals surface area contributed by atoms with Gasteiger partial charge < -0.3 is 4.74 Å². The van der Waals surface area contributed by atoms with E-state index < -0.39 is 4.92 Å². The van der Waals surface area contributed by atoms with Crippen LogP contribution in [-0.4, -0.2) is 11.2 Å². The Kier molecular flexibility index (Phi) is 4.14. The number of benzene rings is 2. The molecule has 102 valence electrons. The van der Waals surface area contributed by atoms with Gasteiger partial charge in [0.2, 0.25) is 5.75 Å². The van der Waals surface area contributed by atoms with E-state index in [0.717, 1.165) is 5.56 Å². The van der Waals surface area contributed by atoms with Crippen molar-refractivity contribution in [2.24, 2.45) is 0 Å². The molecule has 0 radical (unpaired) electrons. The molecule has 0 aliphatic carbocycles. The van der Waals surface area contributed by atoms with Crippen molar-refractivity contribution in [3.05, 3.63) is 62.1 Å². The molecule has 0 aliphatic rings. The maximum Gasteiger partial charge on any atom is 0.311 e. The topological polar surface area (TPSA) is 69.4 Å². The minimum atomic E-state index is -0.489. The normalized spacial score (nSPS) is 10.1. The fourth-order valence-electron chi connectivity index (χ4n) is 1.65. The van der Waals surface area contributed by atoms with Gasteiger partial charge in [0, 0.05) is 16.1 Å². The fourth-order valence-corrected chi connectivity index (χ4v) is 2.10. The minimum absolute atomic E-state index is 0.0967. The summed E-state index contributed by atoms with van der Waals surface area (Å²) < 4.78 is 6.09. The summed E-state index contributed by atoms with van der Waals surface area (Å²) in [6.07, 6.45) is 0.711. The molecule has 0 aliphatic heterocycles. The Morgan fingerprint density at radius 1 is 1.25 bits per heavy atom. The molecule has 0 heterocycles. The number of nitro groups is 1. The molecule has 0 fully saturated rings. The van der Waals surface area contributed by atoms with Crippen LogP contribution in [0.2, 0.25) is 0 Å². The number of carbonyl (C=O) groups excluding carboxylic acids is 1. The van der Waals surface area contributed by atoms with Crippen molar-refractivity contribution >= 4 is 27.9 Å². The molecule has 2 aromatic carbocycles. The Morgan fingerprint density at radius 2 is 2.00 bits per heavy atom. The molecular weight excluding hydrogens is 326 g/mol. The second-order valence-electron chi connectivity index (χ2n) is 4.13. The molecule has 0 amide bonds. The fraction of sp³-hybridized carbons (Fsp3) is 0.0714. The van der Waals surface area contributed by atoms with Crippen LogP contribution in [-0.2, 0) is 0 Å². The van der Waals surface area contributed by atoms with Crippen LogP contribution < -0.4 is 4.74 Å². The van der Waals surface area contributed by atoms with E-state index in [1.54, 1.807) is 37.3 Å². The van der Waals surface area contributed by atoms with Crippen LogP contribution in [0, 0.1) is 17.0 Å². The summed E-state index contributed by atoms with van der Waals surface area (Å²) >= 11 is 3.23. The molecule has 0 bridgehead atoms. The third-order valence-corrected chi connectivity index (χ3v) is 3.32. The highest BCUT2D eigenvalue weighted by atomic mass is 79.9. The molecule has 0 saturated heterocycles. The number of carbonyl (C=O) groups is 1. The summed E-state index contributed by atoms with van der Waals surface area (Å²) in [5.74, 6) is 0.570.